The number of carboxylic acids is 1. The first-order chi connectivity index (χ1) is 63.9. The van der Waals surface area contributed by atoms with Gasteiger partial charge < -0.3 is 162 Å². The lowest BCUT2D eigenvalue weighted by molar-refractivity contribution is -0.142. The Morgan fingerprint density at radius 1 is 0.449 bits per heavy atom. The predicted octanol–water partition coefficient (Wildman–Crippen LogP) is -8.53. The fourth-order valence-corrected chi connectivity index (χ4v) is 14.6. The van der Waals surface area contributed by atoms with Gasteiger partial charge >= 0.3 is 5.97 Å². The topological polar surface area (TPSA) is 825 Å². The van der Waals surface area contributed by atoms with Crippen LogP contribution in [0.25, 0.3) is 0 Å². The van der Waals surface area contributed by atoms with Crippen LogP contribution in [-0.4, -0.2) is 313 Å². The Balaban J connectivity index is 1.93. The van der Waals surface area contributed by atoms with Crippen LogP contribution < -0.4 is 126 Å². The molecule has 38 N–H and O–H groups in total. The van der Waals surface area contributed by atoms with Gasteiger partial charge in [0.2, 0.25) is 88.6 Å². The van der Waals surface area contributed by atoms with Crippen LogP contribution in [0.5, 0.6) is 11.5 Å². The van der Waals surface area contributed by atoms with Crippen LogP contribution in [0.1, 0.15) is 164 Å². The highest BCUT2D eigenvalue weighted by molar-refractivity contribution is 7.81. The monoisotopic (exact) mass is 1960 g/mol. The van der Waals surface area contributed by atoms with Crippen LogP contribution in [0, 0.1) is 17.8 Å². The molecule has 0 saturated carbocycles. The number of β-amino-alcohol motifs (C(OH)–C–C–N with tert-alkyl or cyclic N) is 1. The largest absolute Gasteiger partial charge is 0.508 e. The number of guanidine groups is 2. The van der Waals surface area contributed by atoms with Gasteiger partial charge in [0.1, 0.15) is 102 Å². The Morgan fingerprint density at radius 3 is 1.17 bits per heavy atom. The van der Waals surface area contributed by atoms with Crippen molar-refractivity contribution in [1.29, 1.82) is 0 Å². The molecule has 1 saturated heterocycles. The van der Waals surface area contributed by atoms with Crippen molar-refractivity contribution in [2.24, 2.45) is 79.3 Å². The van der Waals surface area contributed by atoms with Crippen molar-refractivity contribution >= 4 is 132 Å². The molecule has 2 aromatic carbocycles. The third kappa shape index (κ3) is 40.8. The molecule has 1 heterocycles. The number of hydrogen-bond donors (Lipinski definition) is 31. The number of carbonyl (C=O) groups excluding carboxylic acids is 15. The Bertz CT molecular complexity index is 4330. The molecule has 20 atom stereocenters. The molecule has 0 spiro atoms. The number of aliphatic imine (C=N–C) groups is 2. The number of phenols is 2. The number of carboxylic acid groups (broad SMARTS) is 1. The smallest absolute Gasteiger partial charge is 0.326 e. The van der Waals surface area contributed by atoms with Crippen LogP contribution in [0.2, 0.25) is 0 Å². The average Bonchev–Trinajstić information content (AvgIpc) is 1.71. The van der Waals surface area contributed by atoms with E-state index in [0.29, 0.717) is 17.5 Å². The first-order valence-corrected chi connectivity index (χ1v) is 46.3. The summed E-state index contributed by atoms with van der Waals surface area (Å²) < 4.78 is -1.53. The van der Waals surface area contributed by atoms with Crippen molar-refractivity contribution in [3.05, 3.63) is 59.7 Å². The van der Waals surface area contributed by atoms with Gasteiger partial charge in [-0.25, -0.2) is 4.79 Å². The summed E-state index contributed by atoms with van der Waals surface area (Å²) >= 11 is 8.97. The molecule has 0 aromatic heterocycles. The normalized spacial score (nSPS) is 17.1. The molecule has 48 nitrogen and oxygen atoms in total. The lowest BCUT2D eigenvalue weighted by Gasteiger charge is -2.33. The zero-order chi connectivity index (χ0) is 103. The van der Waals surface area contributed by atoms with Gasteiger partial charge in [0.25, 0.3) is 0 Å². The fraction of sp³-hybridized carbons (Fsp3) is 0.651. The minimum Gasteiger partial charge on any atom is -0.508 e. The number of likely N-dealkylation sites (tertiary alicyclic amines) is 1. The number of amides is 15. The molecule has 0 bridgehead atoms. The van der Waals surface area contributed by atoms with Crippen molar-refractivity contribution in [3.63, 3.8) is 0 Å². The van der Waals surface area contributed by atoms with Crippen molar-refractivity contribution in [2.75, 3.05) is 51.6 Å². The third-order valence-electron chi connectivity index (χ3n) is 22.2. The van der Waals surface area contributed by atoms with Gasteiger partial charge in [-0.15, -0.1) is 0 Å². The van der Waals surface area contributed by atoms with E-state index in [4.69, 9.17) is 51.6 Å². The molecule has 3 rings (SSSR count). The summed E-state index contributed by atoms with van der Waals surface area (Å²) in [5.41, 5.74) is 52.8. The van der Waals surface area contributed by atoms with Gasteiger partial charge in [-0.2, -0.15) is 25.3 Å². The second-order valence-electron chi connectivity index (χ2n) is 35.0. The SMILES string of the molecule is CC[C@H](C)[C@H](NC(=O)[C@@H]1C[C@@H](O)CN1C(=O)[C@@H](N)C(C)C)C(=O)N[C@H](C(=O)N[C@@H](Cc1ccc(O)cc1)C(=O)N[C@H](C(=O)N[C@@H](CC(C)C)C(=O)N[C@@H](CCCN=C(N)N)C(=O)N[C@@H](CCN)C(=O)N[C@H](C(=O)N[C@H](CCN)C(=O)N[C@@H](CCCCN)C(=O)N[C@@H](CS)C(=O)N[C@@H](CCN)C(=O)N[C@@H](CCCN=C(N)N)C(=O)N[C@@H](Cc1ccc(O)cc1)C(=O)O)[C@@H](C)O)C(C)(C)S)[C@@H](C)O. The Labute approximate surface area is 801 Å². The minimum atomic E-state index is -1.93. The standard InChI is InChI=1S/C86H146N26O22S2/c1-11-44(6)64(108-77(127)62-39-51(117)40-112(62)82(132)63(91)43(4)5)78(128)110-66(46(8)114)80(130)104-59(37-47-19-23-49(115)24-20-47)75(125)111-67(86(9,10)136)81(131)105-58(36-42(2)3)74(124)100-53(17-14-34-96-84(92)93)68(118)101-57(29-33-90)73(123)109-65(45(7)113)79(129)103-56(28-32-89)72(122)98-52(16-12-13-30-87)70(120)107-61(41-135)76(126)102-55(27-31-88)71(121)99-54(18-15-35-97-85(94)95)69(119)106-60(83(133)134)38-48-21-25-50(116)26-22-48/h19-26,42-46,51-67,113-117,135-136H,11-18,27-41,87-91H2,1-10H3,(H,98,122)(H,99,121)(H,100,124)(H,101,118)(H,102,126)(H,103,129)(H,104,130)(H,105,131)(H,106,119)(H,107,120)(H,108,127)(H,109,123)(H,110,128)(H,111,125)(H,133,134)(H4,92,93,96)(H4,94,95,97)/t44-,45+,46+,51+,52-,53-,54-,55-,56+,57-,58-,59-,60-,61-,62-,63-,64-,65-,66-,67+/m0/s1. The molecule has 1 aliphatic rings. The van der Waals surface area contributed by atoms with E-state index in [9.17, 15) is 107 Å². The minimum absolute atomic E-state index is 0.0141. The van der Waals surface area contributed by atoms with Gasteiger partial charge in [0.05, 0.1) is 24.4 Å². The number of nitrogens with one attached hydrogen (secondary N) is 14. The van der Waals surface area contributed by atoms with E-state index in [2.05, 4.69) is 110 Å². The summed E-state index contributed by atoms with van der Waals surface area (Å²) in [6, 6.07) is -13.7. The number of aliphatic hydroxyl groups excluding tert-OH is 3. The van der Waals surface area contributed by atoms with E-state index < -0.39 is 232 Å². The summed E-state index contributed by atoms with van der Waals surface area (Å²) in [6.45, 7) is 14.3. The maximum absolute atomic E-state index is 14.9. The molecule has 136 heavy (non-hydrogen) atoms. The number of nitrogens with zero attached hydrogens (tertiary/aromatic N) is 3. The van der Waals surface area contributed by atoms with E-state index in [-0.39, 0.29) is 165 Å². The Kier molecular flexibility index (Phi) is 51.9. The summed E-state index contributed by atoms with van der Waals surface area (Å²) in [5, 5.41) is 98.4. The number of thiol groups is 2. The molecule has 15 amide bonds. The van der Waals surface area contributed by atoms with Crippen LogP contribution in [-0.2, 0) is 89.6 Å². The van der Waals surface area contributed by atoms with E-state index in [0.717, 1.165) is 11.8 Å². The van der Waals surface area contributed by atoms with Crippen LogP contribution in [0.3, 0.4) is 0 Å². The lowest BCUT2D eigenvalue weighted by atomic mass is 9.96. The van der Waals surface area contributed by atoms with Crippen molar-refractivity contribution in [1.82, 2.24) is 79.3 Å². The number of carbonyl (C=O) groups is 16. The van der Waals surface area contributed by atoms with E-state index in [1.54, 1.807) is 41.5 Å². The van der Waals surface area contributed by atoms with Crippen molar-refractivity contribution in [3.8, 4) is 11.5 Å². The van der Waals surface area contributed by atoms with Crippen molar-refractivity contribution in [2.45, 2.75) is 285 Å². The summed E-state index contributed by atoms with van der Waals surface area (Å²) in [5.74, 6) is -18.9. The zero-order valence-corrected chi connectivity index (χ0v) is 80.5. The highest BCUT2D eigenvalue weighted by Crippen LogP contribution is 2.25. The Hall–Kier alpha value is -11.5. The molecular weight excluding hydrogens is 1810 g/mol. The maximum Gasteiger partial charge on any atom is 0.326 e. The number of nitrogens with two attached hydrogens (primary N) is 9. The highest BCUT2D eigenvalue weighted by Gasteiger charge is 2.46. The molecule has 0 unspecified atom stereocenters. The van der Waals surface area contributed by atoms with Gasteiger partial charge in [-0.1, -0.05) is 72.2 Å². The Morgan fingerprint density at radius 2 is 0.794 bits per heavy atom. The molecule has 2 aromatic rings. The number of benzene rings is 2. The van der Waals surface area contributed by atoms with Crippen LogP contribution in [0.15, 0.2) is 58.5 Å². The number of rotatable bonds is 61. The van der Waals surface area contributed by atoms with Crippen LogP contribution >= 0.6 is 25.3 Å². The van der Waals surface area contributed by atoms with E-state index in [1.807, 2.05) is 0 Å². The fourth-order valence-electron chi connectivity index (χ4n) is 14.2. The average molecular weight is 1960 g/mol. The first-order valence-electron chi connectivity index (χ1n) is 45.3. The number of hydrogen-bond acceptors (Lipinski definition) is 30. The number of aliphatic hydroxyl groups is 3. The third-order valence-corrected chi connectivity index (χ3v) is 22.8. The zero-order valence-electron chi connectivity index (χ0n) is 78.7. The summed E-state index contributed by atoms with van der Waals surface area (Å²) in [7, 11) is 0. The molecule has 0 aliphatic carbocycles. The number of unbranched alkanes of at least 4 members (excludes halogenated alkanes) is 1. The molecule has 764 valence electrons. The van der Waals surface area contributed by atoms with E-state index >= 15 is 0 Å². The highest BCUT2D eigenvalue weighted by atomic mass is 32.1. The lowest BCUT2D eigenvalue weighted by Crippen LogP contribution is -2.64. The van der Waals surface area contributed by atoms with Gasteiger partial charge in [0.15, 0.2) is 11.9 Å². The van der Waals surface area contributed by atoms with Gasteiger partial charge in [-0.3, -0.25) is 81.9 Å². The predicted molar refractivity (Wildman–Crippen MR) is 510 cm³/mol. The first kappa shape index (κ1) is 119. The molecule has 0 radical (unpaired) electrons. The quantitative estimate of drug-likeness (QED) is 0.0127. The van der Waals surface area contributed by atoms with Gasteiger partial charge in [-0.05, 0) is 178 Å². The number of aromatic hydroxyl groups is 2. The number of phenolic OH excluding ortho intramolecular Hbond substituents is 2. The van der Waals surface area contributed by atoms with Crippen molar-refractivity contribution < 1.29 is 107 Å². The molecule has 1 aliphatic heterocycles. The summed E-state index contributed by atoms with van der Waals surface area (Å²) in [4.78, 5) is 237. The van der Waals surface area contributed by atoms with Crippen LogP contribution in [0.4, 0.5) is 0 Å². The second-order valence-corrected chi connectivity index (χ2v) is 36.5. The van der Waals surface area contributed by atoms with E-state index in [1.165, 1.54) is 69.3 Å². The van der Waals surface area contributed by atoms with Gasteiger partial charge in [0, 0.05) is 49.4 Å². The molecular formula is C86H146N26O22S2. The number of aliphatic carboxylic acids is 1. The summed E-state index contributed by atoms with van der Waals surface area (Å²) in [6.07, 6.45) is -6.04. The second kappa shape index (κ2) is 59.5. The maximum atomic E-state index is 14.9. The molecule has 50 heteroatoms. The molecule has 1 fully saturated rings.